The van der Waals surface area contributed by atoms with Gasteiger partial charge in [-0.1, -0.05) is 33.1 Å². The molecule has 1 fully saturated rings. The van der Waals surface area contributed by atoms with Crippen molar-refractivity contribution in [2.45, 2.75) is 52.4 Å². The van der Waals surface area contributed by atoms with E-state index in [1.807, 2.05) is 4.90 Å². The van der Waals surface area contributed by atoms with Gasteiger partial charge in [-0.25, -0.2) is 4.79 Å². The molecule has 1 saturated heterocycles. The predicted octanol–water partition coefficient (Wildman–Crippen LogP) is 3.44. The molecule has 0 radical (unpaired) electrons. The lowest BCUT2D eigenvalue weighted by Crippen LogP contribution is -2.38. The van der Waals surface area contributed by atoms with Crippen molar-refractivity contribution in [1.82, 2.24) is 4.90 Å². The van der Waals surface area contributed by atoms with Crippen LogP contribution in [-0.4, -0.2) is 30.7 Å². The van der Waals surface area contributed by atoms with Crippen LogP contribution >= 0.6 is 0 Å². The Kier molecular flexibility index (Phi) is 6.27. The van der Waals surface area contributed by atoms with Gasteiger partial charge in [0.05, 0.1) is 6.61 Å². The molecule has 1 aliphatic heterocycles. The summed E-state index contributed by atoms with van der Waals surface area (Å²) in [6, 6.07) is 0. The van der Waals surface area contributed by atoms with Gasteiger partial charge in [-0.2, -0.15) is 0 Å². The van der Waals surface area contributed by atoms with E-state index < -0.39 is 0 Å². The Balaban J connectivity index is 2.17. The Morgan fingerprint density at radius 3 is 2.50 bits per heavy atom. The fourth-order valence-corrected chi connectivity index (χ4v) is 2.21. The second kappa shape index (κ2) is 7.53. The van der Waals surface area contributed by atoms with E-state index in [1.165, 1.54) is 12.8 Å². The van der Waals surface area contributed by atoms with Crippen LogP contribution in [0.3, 0.4) is 0 Å². The van der Waals surface area contributed by atoms with Gasteiger partial charge in [-0.15, -0.1) is 0 Å². The third kappa shape index (κ3) is 4.42. The van der Waals surface area contributed by atoms with Gasteiger partial charge < -0.3 is 9.64 Å². The number of piperidine rings is 1. The minimum absolute atomic E-state index is 0.108. The lowest BCUT2D eigenvalue weighted by molar-refractivity contribution is 0.0858. The van der Waals surface area contributed by atoms with Crippen LogP contribution in [0.1, 0.15) is 52.4 Å². The molecule has 0 aromatic heterocycles. The largest absolute Gasteiger partial charge is 0.449 e. The minimum Gasteiger partial charge on any atom is -0.449 e. The molecule has 0 saturated carbocycles. The fourth-order valence-electron chi connectivity index (χ4n) is 2.21. The number of carbonyl (C=O) groups is 1. The summed E-state index contributed by atoms with van der Waals surface area (Å²) >= 11 is 0. The third-order valence-corrected chi connectivity index (χ3v) is 3.29. The number of hydrogen-bond donors (Lipinski definition) is 0. The standard InChI is InChI=1S/C13H25NO2/c1-3-5-11-16-13(15)14-9-7-12(6-4-2)8-10-14/h12H,3-11H2,1-2H3. The van der Waals surface area contributed by atoms with Crippen molar-refractivity contribution in [2.75, 3.05) is 19.7 Å². The zero-order chi connectivity index (χ0) is 11.8. The van der Waals surface area contributed by atoms with Gasteiger partial charge in [0.25, 0.3) is 0 Å². The van der Waals surface area contributed by atoms with Crippen LogP contribution in [0, 0.1) is 5.92 Å². The second-order valence-electron chi connectivity index (χ2n) is 4.69. The summed E-state index contributed by atoms with van der Waals surface area (Å²) in [5.74, 6) is 0.824. The quantitative estimate of drug-likeness (QED) is 0.673. The molecule has 0 bridgehead atoms. The van der Waals surface area contributed by atoms with Gasteiger partial charge in [-0.05, 0) is 25.2 Å². The summed E-state index contributed by atoms with van der Waals surface area (Å²) in [5, 5.41) is 0. The number of carbonyl (C=O) groups excluding carboxylic acids is 1. The Hall–Kier alpha value is -0.730. The summed E-state index contributed by atoms with van der Waals surface area (Å²) < 4.78 is 5.20. The monoisotopic (exact) mass is 227 g/mol. The first-order valence-electron chi connectivity index (χ1n) is 6.69. The number of nitrogens with zero attached hydrogens (tertiary/aromatic N) is 1. The van der Waals surface area contributed by atoms with E-state index in [4.69, 9.17) is 4.74 Å². The molecular weight excluding hydrogens is 202 g/mol. The molecule has 1 amide bonds. The van der Waals surface area contributed by atoms with Crippen molar-refractivity contribution in [2.24, 2.45) is 5.92 Å². The van der Waals surface area contributed by atoms with Crippen molar-refractivity contribution >= 4 is 6.09 Å². The van der Waals surface area contributed by atoms with Crippen molar-refractivity contribution < 1.29 is 9.53 Å². The highest BCUT2D eigenvalue weighted by atomic mass is 16.6. The highest BCUT2D eigenvalue weighted by Gasteiger charge is 2.22. The van der Waals surface area contributed by atoms with E-state index >= 15 is 0 Å². The smallest absolute Gasteiger partial charge is 0.409 e. The first kappa shape index (κ1) is 13.3. The maximum atomic E-state index is 11.6. The highest BCUT2D eigenvalue weighted by Crippen LogP contribution is 2.21. The lowest BCUT2D eigenvalue weighted by Gasteiger charge is -2.31. The maximum absolute atomic E-state index is 11.6. The molecule has 0 spiro atoms. The summed E-state index contributed by atoms with van der Waals surface area (Å²) in [7, 11) is 0. The van der Waals surface area contributed by atoms with Gasteiger partial charge >= 0.3 is 6.09 Å². The average Bonchev–Trinajstić information content (AvgIpc) is 2.30. The summed E-state index contributed by atoms with van der Waals surface area (Å²) in [4.78, 5) is 13.5. The SMILES string of the molecule is CCCCOC(=O)N1CCC(CCC)CC1. The Morgan fingerprint density at radius 1 is 1.25 bits per heavy atom. The van der Waals surface area contributed by atoms with E-state index in [-0.39, 0.29) is 6.09 Å². The maximum Gasteiger partial charge on any atom is 0.409 e. The van der Waals surface area contributed by atoms with Gasteiger partial charge in [0.15, 0.2) is 0 Å². The topological polar surface area (TPSA) is 29.5 Å². The number of hydrogen-bond acceptors (Lipinski definition) is 2. The Morgan fingerprint density at radius 2 is 1.94 bits per heavy atom. The molecule has 3 heteroatoms. The molecule has 0 unspecified atom stereocenters. The molecule has 94 valence electrons. The van der Waals surface area contributed by atoms with Gasteiger partial charge in [0.2, 0.25) is 0 Å². The van der Waals surface area contributed by atoms with Crippen LogP contribution in [-0.2, 0) is 4.74 Å². The predicted molar refractivity (Wildman–Crippen MR) is 65.5 cm³/mol. The Bertz CT molecular complexity index is 198. The Labute approximate surface area is 99.1 Å². The molecule has 1 aliphatic rings. The average molecular weight is 227 g/mol. The molecule has 0 aliphatic carbocycles. The van der Waals surface area contributed by atoms with E-state index in [1.54, 1.807) is 0 Å². The first-order chi connectivity index (χ1) is 7.77. The molecule has 1 rings (SSSR count). The number of unbranched alkanes of at least 4 members (excludes halogenated alkanes) is 1. The van der Waals surface area contributed by atoms with Crippen LogP contribution in [0.25, 0.3) is 0 Å². The number of likely N-dealkylation sites (tertiary alicyclic amines) is 1. The minimum atomic E-state index is -0.108. The van der Waals surface area contributed by atoms with Crippen LogP contribution < -0.4 is 0 Å². The molecule has 16 heavy (non-hydrogen) atoms. The van der Waals surface area contributed by atoms with Gasteiger partial charge in [-0.3, -0.25) is 0 Å². The molecule has 3 nitrogen and oxygen atoms in total. The number of rotatable bonds is 5. The van der Waals surface area contributed by atoms with Crippen molar-refractivity contribution in [3.63, 3.8) is 0 Å². The van der Waals surface area contributed by atoms with E-state index in [9.17, 15) is 4.79 Å². The fraction of sp³-hybridized carbons (Fsp3) is 0.923. The molecule has 0 N–H and O–H groups in total. The highest BCUT2D eigenvalue weighted by molar-refractivity contribution is 5.67. The third-order valence-electron chi connectivity index (χ3n) is 3.29. The van der Waals surface area contributed by atoms with Crippen molar-refractivity contribution in [3.05, 3.63) is 0 Å². The molecule has 0 atom stereocenters. The molecule has 0 aromatic rings. The van der Waals surface area contributed by atoms with Crippen molar-refractivity contribution in [1.29, 1.82) is 0 Å². The van der Waals surface area contributed by atoms with Crippen LogP contribution in [0.4, 0.5) is 4.79 Å². The number of ether oxygens (including phenoxy) is 1. The van der Waals surface area contributed by atoms with Gasteiger partial charge in [0.1, 0.15) is 0 Å². The summed E-state index contributed by atoms with van der Waals surface area (Å²) in [6.45, 7) is 6.67. The second-order valence-corrected chi connectivity index (χ2v) is 4.69. The lowest BCUT2D eigenvalue weighted by atomic mass is 9.93. The van der Waals surface area contributed by atoms with E-state index in [2.05, 4.69) is 13.8 Å². The zero-order valence-corrected chi connectivity index (χ0v) is 10.7. The first-order valence-corrected chi connectivity index (χ1v) is 6.69. The molecular formula is C13H25NO2. The molecule has 1 heterocycles. The van der Waals surface area contributed by atoms with Crippen molar-refractivity contribution in [3.8, 4) is 0 Å². The van der Waals surface area contributed by atoms with E-state index in [0.717, 1.165) is 44.7 Å². The van der Waals surface area contributed by atoms with Gasteiger partial charge in [0, 0.05) is 13.1 Å². The zero-order valence-electron chi connectivity index (χ0n) is 10.7. The van der Waals surface area contributed by atoms with E-state index in [0.29, 0.717) is 6.61 Å². The summed E-state index contributed by atoms with van der Waals surface area (Å²) in [5.41, 5.74) is 0. The summed E-state index contributed by atoms with van der Waals surface area (Å²) in [6.07, 6.45) is 6.80. The van der Waals surface area contributed by atoms with Crippen LogP contribution in [0.15, 0.2) is 0 Å². The van der Waals surface area contributed by atoms with Crippen LogP contribution in [0.5, 0.6) is 0 Å². The normalized spacial score (nSPS) is 17.5. The molecule has 0 aromatic carbocycles. The van der Waals surface area contributed by atoms with Crippen LogP contribution in [0.2, 0.25) is 0 Å². The number of amides is 1.